The molecule has 76 valence electrons. The van der Waals surface area contributed by atoms with Crippen LogP contribution in [0, 0.1) is 0 Å². The van der Waals surface area contributed by atoms with Crippen molar-refractivity contribution >= 4 is 5.91 Å². The summed E-state index contributed by atoms with van der Waals surface area (Å²) in [5, 5.41) is 0. The average Bonchev–Trinajstić information content (AvgIpc) is 2.43. The molecule has 1 rings (SSSR count). The highest BCUT2D eigenvalue weighted by atomic mass is 16.5. The van der Waals surface area contributed by atoms with E-state index in [4.69, 9.17) is 10.5 Å². The lowest BCUT2D eigenvalue weighted by atomic mass is 10.2. The van der Waals surface area contributed by atoms with Crippen molar-refractivity contribution in [3.05, 3.63) is 0 Å². The summed E-state index contributed by atoms with van der Waals surface area (Å²) in [5.74, 6) is 0.0630. The molecule has 1 aliphatic heterocycles. The third kappa shape index (κ3) is 2.97. The fourth-order valence-corrected chi connectivity index (χ4v) is 1.38. The molecule has 13 heavy (non-hydrogen) atoms. The third-order valence-electron chi connectivity index (χ3n) is 2.29. The molecule has 1 fully saturated rings. The van der Waals surface area contributed by atoms with Crippen molar-refractivity contribution in [2.45, 2.75) is 25.8 Å². The molecule has 1 atom stereocenters. The minimum atomic E-state index is -0.335. The van der Waals surface area contributed by atoms with Gasteiger partial charge in [0.1, 0.15) is 0 Å². The summed E-state index contributed by atoms with van der Waals surface area (Å²) in [7, 11) is 0. The van der Waals surface area contributed by atoms with E-state index >= 15 is 0 Å². The van der Waals surface area contributed by atoms with E-state index in [1.54, 1.807) is 4.90 Å². The van der Waals surface area contributed by atoms with Gasteiger partial charge in [-0.3, -0.25) is 4.79 Å². The van der Waals surface area contributed by atoms with Crippen molar-refractivity contribution in [1.29, 1.82) is 0 Å². The largest absolute Gasteiger partial charge is 0.380 e. The first-order valence-corrected chi connectivity index (χ1v) is 4.87. The van der Waals surface area contributed by atoms with Gasteiger partial charge in [0.15, 0.2) is 0 Å². The Bertz CT molecular complexity index is 165. The molecule has 0 bridgehead atoms. The smallest absolute Gasteiger partial charge is 0.239 e. The van der Waals surface area contributed by atoms with E-state index in [1.807, 2.05) is 6.92 Å². The van der Waals surface area contributed by atoms with Crippen LogP contribution in [0.25, 0.3) is 0 Å². The lowest BCUT2D eigenvalue weighted by Crippen LogP contribution is -2.44. The van der Waals surface area contributed by atoms with Crippen LogP contribution in [0.15, 0.2) is 0 Å². The van der Waals surface area contributed by atoms with Crippen molar-refractivity contribution in [2.24, 2.45) is 5.73 Å². The maximum Gasteiger partial charge on any atom is 0.239 e. The normalized spacial score (nSPS) is 20.9. The van der Waals surface area contributed by atoms with Gasteiger partial charge in [-0.25, -0.2) is 0 Å². The molecular formula is C9H18N2O2. The molecule has 1 saturated heterocycles. The summed E-state index contributed by atoms with van der Waals surface area (Å²) in [6, 6.07) is -0.335. The van der Waals surface area contributed by atoms with Crippen molar-refractivity contribution in [2.75, 3.05) is 26.3 Å². The van der Waals surface area contributed by atoms with Crippen LogP contribution >= 0.6 is 0 Å². The van der Waals surface area contributed by atoms with Gasteiger partial charge in [0.05, 0.1) is 12.6 Å². The molecule has 4 nitrogen and oxygen atoms in total. The Hall–Kier alpha value is -0.610. The van der Waals surface area contributed by atoms with E-state index in [1.165, 1.54) is 0 Å². The van der Waals surface area contributed by atoms with Gasteiger partial charge in [0.25, 0.3) is 0 Å². The highest BCUT2D eigenvalue weighted by molar-refractivity contribution is 5.81. The second kappa shape index (κ2) is 5.19. The number of hydrogen-bond acceptors (Lipinski definition) is 3. The third-order valence-corrected chi connectivity index (χ3v) is 2.29. The zero-order chi connectivity index (χ0) is 9.68. The van der Waals surface area contributed by atoms with E-state index in [0.717, 1.165) is 19.6 Å². The molecule has 0 aromatic rings. The van der Waals surface area contributed by atoms with Crippen molar-refractivity contribution in [1.82, 2.24) is 4.90 Å². The van der Waals surface area contributed by atoms with E-state index < -0.39 is 0 Å². The number of carbonyl (C=O) groups is 1. The number of hydrogen-bond donors (Lipinski definition) is 1. The maximum atomic E-state index is 11.6. The quantitative estimate of drug-likeness (QED) is 0.659. The highest BCUT2D eigenvalue weighted by Crippen LogP contribution is 2.02. The Morgan fingerprint density at radius 1 is 1.54 bits per heavy atom. The van der Waals surface area contributed by atoms with Crippen LogP contribution in [0.3, 0.4) is 0 Å². The molecule has 1 amide bonds. The Kier molecular flexibility index (Phi) is 4.18. The van der Waals surface area contributed by atoms with Gasteiger partial charge in [0.2, 0.25) is 5.91 Å². The molecule has 1 heterocycles. The summed E-state index contributed by atoms with van der Waals surface area (Å²) < 4.78 is 5.25. The van der Waals surface area contributed by atoms with Gasteiger partial charge in [-0.2, -0.15) is 0 Å². The van der Waals surface area contributed by atoms with E-state index in [2.05, 4.69) is 0 Å². The predicted octanol–water partition coefficient (Wildman–Crippen LogP) is -0.0274. The van der Waals surface area contributed by atoms with Crippen LogP contribution in [0.2, 0.25) is 0 Å². The Balaban J connectivity index is 2.43. The van der Waals surface area contributed by atoms with Crippen LogP contribution in [0.1, 0.15) is 19.8 Å². The van der Waals surface area contributed by atoms with Crippen LogP contribution < -0.4 is 5.73 Å². The number of ether oxygens (including phenoxy) is 1. The molecule has 0 aliphatic carbocycles. The maximum absolute atomic E-state index is 11.6. The lowest BCUT2D eigenvalue weighted by Gasteiger charge is -2.22. The molecule has 1 aliphatic rings. The highest BCUT2D eigenvalue weighted by Gasteiger charge is 2.20. The molecule has 0 radical (unpaired) electrons. The average molecular weight is 186 g/mol. The van der Waals surface area contributed by atoms with E-state index in [9.17, 15) is 4.79 Å². The second-order valence-electron chi connectivity index (χ2n) is 3.31. The zero-order valence-corrected chi connectivity index (χ0v) is 8.16. The molecular weight excluding hydrogens is 168 g/mol. The molecule has 0 saturated carbocycles. The number of nitrogens with two attached hydrogens (primary N) is 1. The number of carbonyl (C=O) groups excluding carboxylic acids is 1. The molecule has 2 N–H and O–H groups in total. The standard InChI is InChI=1S/C9H18N2O2/c1-2-8(10)9(12)11-4-3-6-13-7-5-11/h8H,2-7,10H2,1H3/t8-/m0/s1. The van der Waals surface area contributed by atoms with Gasteiger partial charge < -0.3 is 15.4 Å². The topological polar surface area (TPSA) is 55.6 Å². The fraction of sp³-hybridized carbons (Fsp3) is 0.889. The van der Waals surface area contributed by atoms with Gasteiger partial charge in [0, 0.05) is 19.7 Å². The zero-order valence-electron chi connectivity index (χ0n) is 8.16. The number of amides is 1. The summed E-state index contributed by atoms with van der Waals surface area (Å²) in [5.41, 5.74) is 5.67. The Morgan fingerprint density at radius 3 is 3.00 bits per heavy atom. The van der Waals surface area contributed by atoms with Crippen LogP contribution in [0.5, 0.6) is 0 Å². The summed E-state index contributed by atoms with van der Waals surface area (Å²) in [4.78, 5) is 13.4. The predicted molar refractivity (Wildman–Crippen MR) is 50.3 cm³/mol. The van der Waals surface area contributed by atoms with Gasteiger partial charge >= 0.3 is 0 Å². The number of nitrogens with zero attached hydrogens (tertiary/aromatic N) is 1. The van der Waals surface area contributed by atoms with Crippen LogP contribution in [0.4, 0.5) is 0 Å². The molecule has 0 spiro atoms. The second-order valence-corrected chi connectivity index (χ2v) is 3.31. The summed E-state index contributed by atoms with van der Waals surface area (Å²) >= 11 is 0. The van der Waals surface area contributed by atoms with E-state index in [-0.39, 0.29) is 11.9 Å². The molecule has 0 aromatic carbocycles. The SMILES string of the molecule is CC[C@H](N)C(=O)N1CCCOCC1. The van der Waals surface area contributed by atoms with Gasteiger partial charge in [-0.15, -0.1) is 0 Å². The minimum absolute atomic E-state index is 0.0630. The molecule has 4 heteroatoms. The fourth-order valence-electron chi connectivity index (χ4n) is 1.38. The Morgan fingerprint density at radius 2 is 2.31 bits per heavy atom. The first kappa shape index (κ1) is 10.5. The van der Waals surface area contributed by atoms with Crippen molar-refractivity contribution in [3.8, 4) is 0 Å². The first-order chi connectivity index (χ1) is 6.25. The van der Waals surface area contributed by atoms with E-state index in [0.29, 0.717) is 19.6 Å². The summed E-state index contributed by atoms with van der Waals surface area (Å²) in [6.07, 6.45) is 1.62. The Labute approximate surface area is 79.0 Å². The van der Waals surface area contributed by atoms with Crippen molar-refractivity contribution < 1.29 is 9.53 Å². The van der Waals surface area contributed by atoms with Crippen LogP contribution in [-0.4, -0.2) is 43.2 Å². The monoisotopic (exact) mass is 186 g/mol. The van der Waals surface area contributed by atoms with Gasteiger partial charge in [-0.05, 0) is 12.8 Å². The molecule has 0 unspecified atom stereocenters. The lowest BCUT2D eigenvalue weighted by molar-refractivity contribution is -0.132. The van der Waals surface area contributed by atoms with Gasteiger partial charge in [-0.1, -0.05) is 6.92 Å². The molecule has 0 aromatic heterocycles. The van der Waals surface area contributed by atoms with Crippen molar-refractivity contribution in [3.63, 3.8) is 0 Å². The van der Waals surface area contributed by atoms with Crippen LogP contribution in [-0.2, 0) is 9.53 Å². The summed E-state index contributed by atoms with van der Waals surface area (Å²) in [6.45, 7) is 4.79. The first-order valence-electron chi connectivity index (χ1n) is 4.87. The number of rotatable bonds is 2. The minimum Gasteiger partial charge on any atom is -0.380 e.